The van der Waals surface area contributed by atoms with Crippen LogP contribution in [0.3, 0.4) is 0 Å². The molecule has 0 radical (unpaired) electrons. The number of hydrogen-bond acceptors (Lipinski definition) is 5. The Morgan fingerprint density at radius 3 is 2.29 bits per heavy atom. The topological polar surface area (TPSA) is 96.5 Å². The molecular weight excluding hydrogens is 521 g/mol. The van der Waals surface area contributed by atoms with Gasteiger partial charge in [-0.2, -0.15) is 26.3 Å². The number of pyridine rings is 1. The fraction of sp³-hybridized carbons (Fsp3) is 0.208. The lowest BCUT2D eigenvalue weighted by Gasteiger charge is -2.19. The van der Waals surface area contributed by atoms with E-state index in [1.807, 2.05) is 0 Å². The Labute approximate surface area is 209 Å². The number of nitrogens with zero attached hydrogens (tertiary/aromatic N) is 4. The first-order chi connectivity index (χ1) is 17.9. The minimum atomic E-state index is -4.73. The van der Waals surface area contributed by atoms with Gasteiger partial charge in [0.2, 0.25) is 5.91 Å². The number of aromatic amines is 1. The number of rotatable bonds is 5. The van der Waals surface area contributed by atoms with Crippen LogP contribution < -0.4 is 5.32 Å². The SMILES string of the molecule is O=C(Nc1ccc(-c2ccnc(C(F)(F)F)c2)c(-c2nnn[nH]2)c1)C1(c2ccc(C(F)(F)F)cc2F)CC1. The second-order valence-electron chi connectivity index (χ2n) is 8.67. The molecule has 1 amide bonds. The third-order valence-corrected chi connectivity index (χ3v) is 6.24. The number of hydrogen-bond donors (Lipinski definition) is 2. The fourth-order valence-corrected chi connectivity index (χ4v) is 4.17. The van der Waals surface area contributed by atoms with E-state index in [0.29, 0.717) is 11.6 Å². The molecule has 2 N–H and O–H groups in total. The molecule has 0 spiro atoms. The molecule has 5 rings (SSSR count). The van der Waals surface area contributed by atoms with Gasteiger partial charge in [-0.3, -0.25) is 9.78 Å². The van der Waals surface area contributed by atoms with Crippen molar-refractivity contribution >= 4 is 11.6 Å². The molecule has 0 bridgehead atoms. The summed E-state index contributed by atoms with van der Waals surface area (Å²) in [5, 5.41) is 15.9. The maximum atomic E-state index is 14.6. The molecule has 2 aromatic heterocycles. The number of carbonyl (C=O) groups is 1. The van der Waals surface area contributed by atoms with Gasteiger partial charge in [-0.05, 0) is 70.8 Å². The lowest BCUT2D eigenvalue weighted by molar-refractivity contribution is -0.141. The molecule has 7 nitrogen and oxygen atoms in total. The first-order valence-corrected chi connectivity index (χ1v) is 11.0. The summed E-state index contributed by atoms with van der Waals surface area (Å²) in [6.45, 7) is 0. The second-order valence-corrected chi connectivity index (χ2v) is 8.67. The fourth-order valence-electron chi connectivity index (χ4n) is 4.17. The molecule has 2 heterocycles. The molecule has 0 aliphatic heterocycles. The molecule has 14 heteroatoms. The number of halogens is 7. The zero-order valence-corrected chi connectivity index (χ0v) is 19.0. The third-order valence-electron chi connectivity index (χ3n) is 6.24. The number of tetrazole rings is 1. The van der Waals surface area contributed by atoms with Crippen molar-refractivity contribution in [1.82, 2.24) is 25.6 Å². The molecule has 0 unspecified atom stereocenters. The van der Waals surface area contributed by atoms with Crippen LogP contribution >= 0.6 is 0 Å². The number of H-pyrrole nitrogens is 1. The van der Waals surface area contributed by atoms with E-state index >= 15 is 0 Å². The van der Waals surface area contributed by atoms with E-state index < -0.39 is 40.7 Å². The van der Waals surface area contributed by atoms with Gasteiger partial charge in [0.1, 0.15) is 11.5 Å². The van der Waals surface area contributed by atoms with Crippen molar-refractivity contribution in [3.05, 3.63) is 77.4 Å². The summed E-state index contributed by atoms with van der Waals surface area (Å²) in [6, 6.07) is 8.55. The Hall–Kier alpha value is -4.36. The number of benzene rings is 2. The van der Waals surface area contributed by atoms with E-state index in [0.717, 1.165) is 24.4 Å². The molecular formula is C24H15F7N6O. The van der Waals surface area contributed by atoms with Gasteiger partial charge in [-0.15, -0.1) is 5.10 Å². The van der Waals surface area contributed by atoms with Gasteiger partial charge in [0.15, 0.2) is 5.82 Å². The van der Waals surface area contributed by atoms with E-state index in [4.69, 9.17) is 0 Å². The zero-order valence-electron chi connectivity index (χ0n) is 19.0. The monoisotopic (exact) mass is 536 g/mol. The number of amides is 1. The minimum Gasteiger partial charge on any atom is -0.325 e. The Balaban J connectivity index is 1.48. The van der Waals surface area contributed by atoms with Crippen molar-refractivity contribution in [2.75, 3.05) is 5.32 Å². The van der Waals surface area contributed by atoms with Gasteiger partial charge in [0, 0.05) is 23.0 Å². The molecule has 0 atom stereocenters. The molecule has 0 saturated heterocycles. The lowest BCUT2D eigenvalue weighted by Crippen LogP contribution is -2.29. The van der Waals surface area contributed by atoms with Crippen molar-refractivity contribution < 1.29 is 35.5 Å². The molecule has 196 valence electrons. The minimum absolute atomic E-state index is 0.0939. The van der Waals surface area contributed by atoms with Gasteiger partial charge in [0.25, 0.3) is 0 Å². The van der Waals surface area contributed by atoms with Crippen molar-refractivity contribution in [1.29, 1.82) is 0 Å². The molecule has 1 aliphatic carbocycles. The highest BCUT2D eigenvalue weighted by atomic mass is 19.4. The Morgan fingerprint density at radius 1 is 0.921 bits per heavy atom. The van der Waals surface area contributed by atoms with Gasteiger partial charge in [-0.1, -0.05) is 12.1 Å². The van der Waals surface area contributed by atoms with E-state index in [2.05, 4.69) is 30.9 Å². The van der Waals surface area contributed by atoms with E-state index in [9.17, 15) is 35.5 Å². The standard InChI is InChI=1S/C24H15F7N6O/c25-18-10-13(23(26,27)28)1-4-17(18)22(6-7-22)21(38)33-14-2-3-15(16(11-14)20-34-36-37-35-20)12-5-8-32-19(9-12)24(29,30)31/h1-5,8-11H,6-7H2,(H,33,38)(H,34,35,36,37). The molecule has 1 aliphatic rings. The predicted octanol–water partition coefficient (Wildman–Crippen LogP) is 5.78. The second kappa shape index (κ2) is 8.89. The highest BCUT2D eigenvalue weighted by Gasteiger charge is 2.53. The van der Waals surface area contributed by atoms with E-state index in [1.165, 1.54) is 24.3 Å². The van der Waals surface area contributed by atoms with Crippen LogP contribution in [0.5, 0.6) is 0 Å². The summed E-state index contributed by atoms with van der Waals surface area (Å²) < 4.78 is 93.0. The molecule has 2 aromatic carbocycles. The summed E-state index contributed by atoms with van der Waals surface area (Å²) >= 11 is 0. The van der Waals surface area contributed by atoms with Gasteiger partial charge in [-0.25, -0.2) is 9.49 Å². The number of anilines is 1. The van der Waals surface area contributed by atoms with Crippen LogP contribution in [0.1, 0.15) is 29.7 Å². The maximum absolute atomic E-state index is 14.6. The Morgan fingerprint density at radius 2 is 1.68 bits per heavy atom. The third kappa shape index (κ3) is 4.68. The quantitative estimate of drug-likeness (QED) is 0.316. The van der Waals surface area contributed by atoms with Crippen molar-refractivity contribution in [2.45, 2.75) is 30.6 Å². The summed E-state index contributed by atoms with van der Waals surface area (Å²) in [4.78, 5) is 16.5. The van der Waals surface area contributed by atoms with E-state index in [-0.39, 0.29) is 41.0 Å². The van der Waals surface area contributed by atoms with Crippen molar-refractivity contribution in [2.24, 2.45) is 0 Å². The smallest absolute Gasteiger partial charge is 0.325 e. The number of nitrogens with one attached hydrogen (secondary N) is 2. The summed E-state index contributed by atoms with van der Waals surface area (Å²) in [7, 11) is 0. The summed E-state index contributed by atoms with van der Waals surface area (Å²) in [6.07, 6.45) is -7.97. The van der Waals surface area contributed by atoms with Crippen LogP contribution in [-0.4, -0.2) is 31.5 Å². The average molecular weight is 536 g/mol. The molecule has 1 fully saturated rings. The molecule has 4 aromatic rings. The van der Waals surface area contributed by atoms with Crippen LogP contribution in [-0.2, 0) is 22.6 Å². The first-order valence-electron chi connectivity index (χ1n) is 11.0. The van der Waals surface area contributed by atoms with Gasteiger partial charge < -0.3 is 5.32 Å². The Bertz CT molecular complexity index is 1510. The van der Waals surface area contributed by atoms with Crippen molar-refractivity contribution in [3.63, 3.8) is 0 Å². The normalized spacial score (nSPS) is 14.8. The zero-order chi connectivity index (χ0) is 27.3. The first kappa shape index (κ1) is 25.3. The predicted molar refractivity (Wildman–Crippen MR) is 119 cm³/mol. The molecule has 38 heavy (non-hydrogen) atoms. The average Bonchev–Trinajstić information content (AvgIpc) is 3.48. The number of alkyl halides is 6. The van der Waals surface area contributed by atoms with Crippen LogP contribution in [0.15, 0.2) is 54.7 Å². The van der Waals surface area contributed by atoms with Gasteiger partial charge >= 0.3 is 12.4 Å². The van der Waals surface area contributed by atoms with Crippen LogP contribution in [0.4, 0.5) is 36.4 Å². The van der Waals surface area contributed by atoms with E-state index in [1.54, 1.807) is 0 Å². The van der Waals surface area contributed by atoms with Crippen LogP contribution in [0.25, 0.3) is 22.5 Å². The van der Waals surface area contributed by atoms with Crippen molar-refractivity contribution in [3.8, 4) is 22.5 Å². The number of carbonyl (C=O) groups excluding carboxylic acids is 1. The largest absolute Gasteiger partial charge is 0.433 e. The lowest BCUT2D eigenvalue weighted by atomic mass is 9.92. The maximum Gasteiger partial charge on any atom is 0.433 e. The van der Waals surface area contributed by atoms with Crippen LogP contribution in [0.2, 0.25) is 0 Å². The molecule has 1 saturated carbocycles. The van der Waals surface area contributed by atoms with Gasteiger partial charge in [0.05, 0.1) is 11.0 Å². The summed E-state index contributed by atoms with van der Waals surface area (Å²) in [5.41, 5.74) is -2.90. The highest BCUT2D eigenvalue weighted by molar-refractivity contribution is 6.02. The number of aromatic nitrogens is 5. The summed E-state index contributed by atoms with van der Waals surface area (Å²) in [5.74, 6) is -1.69. The van der Waals surface area contributed by atoms with Crippen LogP contribution in [0, 0.1) is 5.82 Å². The highest BCUT2D eigenvalue weighted by Crippen LogP contribution is 2.50. The Kier molecular flexibility index (Phi) is 5.92.